The third kappa shape index (κ3) is 2.55. The normalized spacial score (nSPS) is 15.4. The van der Waals surface area contributed by atoms with Gasteiger partial charge in [0, 0.05) is 31.4 Å². The first-order valence-electron chi connectivity index (χ1n) is 5.38. The highest BCUT2D eigenvalue weighted by atomic mass is 15.1. The van der Waals surface area contributed by atoms with Gasteiger partial charge in [0.25, 0.3) is 0 Å². The molecule has 1 aromatic heterocycles. The molecule has 0 bridgehead atoms. The van der Waals surface area contributed by atoms with Crippen LogP contribution in [0.15, 0.2) is 12.3 Å². The summed E-state index contributed by atoms with van der Waals surface area (Å²) in [5, 5.41) is 0. The monoisotopic (exact) mass is 192 g/mol. The number of nitrogens with zero attached hydrogens (tertiary/aromatic N) is 2. The Balaban J connectivity index is 0.000000461. The number of aryl methyl sites for hydroxylation is 1. The molecule has 2 heterocycles. The van der Waals surface area contributed by atoms with E-state index in [-0.39, 0.29) is 0 Å². The molecule has 0 saturated heterocycles. The number of fused-ring (bicyclic) bond motifs is 1. The zero-order chi connectivity index (χ0) is 10.6. The van der Waals surface area contributed by atoms with Crippen molar-refractivity contribution >= 4 is 0 Å². The molecule has 2 heteroatoms. The molecule has 0 aliphatic carbocycles. The zero-order valence-corrected chi connectivity index (χ0v) is 9.67. The van der Waals surface area contributed by atoms with E-state index < -0.39 is 0 Å². The van der Waals surface area contributed by atoms with E-state index in [0.717, 1.165) is 19.5 Å². The molecule has 2 nitrogen and oxygen atoms in total. The van der Waals surface area contributed by atoms with Gasteiger partial charge < -0.3 is 4.90 Å². The van der Waals surface area contributed by atoms with Crippen LogP contribution in [-0.4, -0.2) is 23.5 Å². The Morgan fingerprint density at radius 3 is 2.79 bits per heavy atom. The van der Waals surface area contributed by atoms with Crippen LogP contribution in [-0.2, 0) is 13.0 Å². The number of hydrogen-bond acceptors (Lipinski definition) is 2. The van der Waals surface area contributed by atoms with Crippen molar-refractivity contribution in [3.05, 3.63) is 29.1 Å². The summed E-state index contributed by atoms with van der Waals surface area (Å²) in [6, 6.07) is 2.25. The molecule has 1 aliphatic rings. The summed E-state index contributed by atoms with van der Waals surface area (Å²) >= 11 is 0. The first-order chi connectivity index (χ1) is 6.75. The quantitative estimate of drug-likeness (QED) is 0.627. The van der Waals surface area contributed by atoms with E-state index in [9.17, 15) is 0 Å². The minimum Gasteiger partial charge on any atom is -0.302 e. The predicted octanol–water partition coefficient (Wildman–Crippen LogP) is 2.40. The molecule has 14 heavy (non-hydrogen) atoms. The Morgan fingerprint density at radius 1 is 1.36 bits per heavy atom. The highest BCUT2D eigenvalue weighted by Crippen LogP contribution is 2.16. The minimum atomic E-state index is 1.06. The maximum atomic E-state index is 4.43. The summed E-state index contributed by atoms with van der Waals surface area (Å²) < 4.78 is 0. The first kappa shape index (κ1) is 11.2. The number of likely N-dealkylation sites (N-methyl/N-ethyl adjacent to an activating group) is 1. The van der Waals surface area contributed by atoms with Crippen LogP contribution in [0.25, 0.3) is 0 Å². The summed E-state index contributed by atoms with van der Waals surface area (Å²) in [5.74, 6) is 0. The van der Waals surface area contributed by atoms with Gasteiger partial charge in [-0.1, -0.05) is 19.9 Å². The van der Waals surface area contributed by atoms with Crippen LogP contribution in [0.4, 0.5) is 0 Å². The molecule has 78 valence electrons. The van der Waals surface area contributed by atoms with Gasteiger partial charge in [0.1, 0.15) is 0 Å². The Kier molecular flexibility index (Phi) is 4.08. The number of hydrogen-bond donors (Lipinski definition) is 0. The van der Waals surface area contributed by atoms with Crippen molar-refractivity contribution in [3.8, 4) is 0 Å². The Bertz CT molecular complexity index is 294. The van der Waals surface area contributed by atoms with Crippen LogP contribution in [0.1, 0.15) is 30.7 Å². The second kappa shape index (κ2) is 5.11. The van der Waals surface area contributed by atoms with E-state index in [1.165, 1.54) is 16.8 Å². The van der Waals surface area contributed by atoms with Crippen molar-refractivity contribution in [1.82, 2.24) is 9.88 Å². The Hall–Kier alpha value is -0.890. The van der Waals surface area contributed by atoms with Crippen molar-refractivity contribution in [1.29, 1.82) is 0 Å². The lowest BCUT2D eigenvalue weighted by atomic mass is 10.0. The van der Waals surface area contributed by atoms with E-state index in [0.29, 0.717) is 0 Å². The van der Waals surface area contributed by atoms with Crippen LogP contribution in [0.5, 0.6) is 0 Å². The van der Waals surface area contributed by atoms with Crippen LogP contribution in [0.2, 0.25) is 0 Å². The van der Waals surface area contributed by atoms with Gasteiger partial charge in [-0.05, 0) is 25.1 Å². The summed E-state index contributed by atoms with van der Waals surface area (Å²) in [4.78, 5) is 6.76. The third-order valence-electron chi connectivity index (χ3n) is 2.37. The van der Waals surface area contributed by atoms with Gasteiger partial charge in [-0.25, -0.2) is 0 Å². The highest BCUT2D eigenvalue weighted by molar-refractivity contribution is 5.26. The standard InChI is InChI=1S/C10H14N2.C2H6/c1-8-5-9-7-12(2)4-3-10(9)11-6-8;1-2/h5-6H,3-4,7H2,1-2H3;1-2H3. The average Bonchev–Trinajstić information content (AvgIpc) is 2.20. The van der Waals surface area contributed by atoms with E-state index in [2.05, 4.69) is 29.9 Å². The molecule has 0 N–H and O–H groups in total. The molecule has 0 radical (unpaired) electrons. The second-order valence-corrected chi connectivity index (χ2v) is 3.61. The van der Waals surface area contributed by atoms with E-state index >= 15 is 0 Å². The largest absolute Gasteiger partial charge is 0.302 e. The smallest absolute Gasteiger partial charge is 0.0461 e. The topological polar surface area (TPSA) is 16.1 Å². The average molecular weight is 192 g/mol. The molecule has 0 atom stereocenters. The lowest BCUT2D eigenvalue weighted by Crippen LogP contribution is -2.27. The third-order valence-corrected chi connectivity index (χ3v) is 2.37. The lowest BCUT2D eigenvalue weighted by molar-refractivity contribution is 0.310. The predicted molar refractivity (Wildman–Crippen MR) is 60.4 cm³/mol. The molecule has 0 spiro atoms. The minimum absolute atomic E-state index is 1.06. The molecule has 0 amide bonds. The van der Waals surface area contributed by atoms with Gasteiger partial charge in [-0.15, -0.1) is 0 Å². The van der Waals surface area contributed by atoms with Gasteiger partial charge in [-0.2, -0.15) is 0 Å². The Morgan fingerprint density at radius 2 is 2.07 bits per heavy atom. The summed E-state index contributed by atoms with van der Waals surface area (Å²) in [6.07, 6.45) is 3.07. The van der Waals surface area contributed by atoms with E-state index in [4.69, 9.17) is 0 Å². The molecule has 1 aromatic rings. The van der Waals surface area contributed by atoms with E-state index in [1.807, 2.05) is 20.0 Å². The summed E-state index contributed by atoms with van der Waals surface area (Å²) in [5.41, 5.74) is 3.96. The SMILES string of the molecule is CC.Cc1cnc2c(c1)CN(C)CC2. The molecular weight excluding hydrogens is 172 g/mol. The van der Waals surface area contributed by atoms with Crippen LogP contribution >= 0.6 is 0 Å². The molecule has 0 aromatic carbocycles. The number of aromatic nitrogens is 1. The van der Waals surface area contributed by atoms with Crippen molar-refractivity contribution < 1.29 is 0 Å². The van der Waals surface area contributed by atoms with Gasteiger partial charge >= 0.3 is 0 Å². The van der Waals surface area contributed by atoms with Crippen LogP contribution in [0, 0.1) is 6.92 Å². The zero-order valence-electron chi connectivity index (χ0n) is 9.67. The van der Waals surface area contributed by atoms with Crippen molar-refractivity contribution in [2.24, 2.45) is 0 Å². The molecule has 1 aliphatic heterocycles. The summed E-state index contributed by atoms with van der Waals surface area (Å²) in [6.45, 7) is 8.30. The van der Waals surface area contributed by atoms with Gasteiger partial charge in [0.05, 0.1) is 0 Å². The van der Waals surface area contributed by atoms with Gasteiger partial charge in [0.15, 0.2) is 0 Å². The molecule has 0 fully saturated rings. The van der Waals surface area contributed by atoms with Gasteiger partial charge in [-0.3, -0.25) is 4.98 Å². The maximum absolute atomic E-state index is 4.43. The van der Waals surface area contributed by atoms with Crippen molar-refractivity contribution in [3.63, 3.8) is 0 Å². The van der Waals surface area contributed by atoms with Gasteiger partial charge in [0.2, 0.25) is 0 Å². The second-order valence-electron chi connectivity index (χ2n) is 3.61. The van der Waals surface area contributed by atoms with Crippen molar-refractivity contribution in [2.75, 3.05) is 13.6 Å². The molecule has 0 saturated carbocycles. The van der Waals surface area contributed by atoms with Crippen LogP contribution in [0.3, 0.4) is 0 Å². The van der Waals surface area contributed by atoms with E-state index in [1.54, 1.807) is 0 Å². The fraction of sp³-hybridized carbons (Fsp3) is 0.583. The number of pyridine rings is 1. The maximum Gasteiger partial charge on any atom is 0.0461 e. The van der Waals surface area contributed by atoms with Crippen LogP contribution < -0.4 is 0 Å². The highest BCUT2D eigenvalue weighted by Gasteiger charge is 2.13. The molecule has 2 rings (SSSR count). The summed E-state index contributed by atoms with van der Waals surface area (Å²) in [7, 11) is 2.16. The lowest BCUT2D eigenvalue weighted by Gasteiger charge is -2.24. The number of rotatable bonds is 0. The molecular formula is C12H20N2. The van der Waals surface area contributed by atoms with Crippen molar-refractivity contribution in [2.45, 2.75) is 33.7 Å². The fourth-order valence-electron chi connectivity index (χ4n) is 1.69. The molecule has 0 unspecified atom stereocenters. The first-order valence-corrected chi connectivity index (χ1v) is 5.38. The fourth-order valence-corrected chi connectivity index (χ4v) is 1.69. The Labute approximate surface area is 87.0 Å².